The monoisotopic (exact) mass is 819 g/mol. The number of aromatic nitrogens is 7. The number of aromatic amines is 2. The fraction of sp³-hybridized carbons (Fsp3) is 0.196. The maximum atomic E-state index is 12.7. The lowest BCUT2D eigenvalue weighted by Crippen LogP contribution is -2.15. The number of nitrogens with zero attached hydrogens (tertiary/aromatic N) is 5. The summed E-state index contributed by atoms with van der Waals surface area (Å²) in [5.74, 6) is 2.99. The summed E-state index contributed by atoms with van der Waals surface area (Å²) < 4.78 is 11.4. The molecule has 0 atom stereocenters. The van der Waals surface area contributed by atoms with Crippen LogP contribution in [0.3, 0.4) is 0 Å². The van der Waals surface area contributed by atoms with E-state index in [0.717, 1.165) is 73.3 Å². The average molecular weight is 820 g/mol. The number of Topliss-reactive ketones (excluding diaryl/α,β-unsaturated/α-hetero) is 2. The van der Waals surface area contributed by atoms with Crippen molar-refractivity contribution in [3.05, 3.63) is 151 Å². The van der Waals surface area contributed by atoms with Crippen LogP contribution in [-0.4, -0.2) is 59.9 Å². The van der Waals surface area contributed by atoms with Gasteiger partial charge in [-0.1, -0.05) is 92.8 Å². The van der Waals surface area contributed by atoms with Crippen molar-refractivity contribution in [3.8, 4) is 79.3 Å². The van der Waals surface area contributed by atoms with Crippen LogP contribution in [0.15, 0.2) is 140 Å². The average Bonchev–Trinajstić information content (AvgIpc) is 4.02. The third-order valence-corrected chi connectivity index (χ3v) is 11.3. The summed E-state index contributed by atoms with van der Waals surface area (Å²) in [6.45, 7) is 2.63. The van der Waals surface area contributed by atoms with Crippen LogP contribution in [0.1, 0.15) is 66.2 Å². The van der Waals surface area contributed by atoms with Crippen molar-refractivity contribution >= 4 is 11.6 Å². The van der Waals surface area contributed by atoms with Gasteiger partial charge in [0.05, 0.1) is 40.4 Å². The second kappa shape index (κ2) is 18.4. The summed E-state index contributed by atoms with van der Waals surface area (Å²) in [6, 6.07) is 36.7. The number of carbonyl (C=O) groups is 2. The molecule has 5 aromatic heterocycles. The number of fused-ring (bicyclic) bond motifs is 1. The van der Waals surface area contributed by atoms with Gasteiger partial charge >= 0.3 is 0 Å². The highest BCUT2D eigenvalue weighted by atomic mass is 16.6. The molecule has 0 saturated heterocycles. The number of ether oxygens (including phenoxy) is 2. The number of hydrogen-bond acceptors (Lipinski definition) is 9. The van der Waals surface area contributed by atoms with Crippen molar-refractivity contribution in [2.45, 2.75) is 45.4 Å². The van der Waals surface area contributed by atoms with Crippen LogP contribution in [0, 0.1) is 5.92 Å². The van der Waals surface area contributed by atoms with Crippen molar-refractivity contribution in [1.82, 2.24) is 35.1 Å². The molecule has 2 N–H and O–H groups in total. The Morgan fingerprint density at radius 3 is 2.00 bits per heavy atom. The lowest BCUT2D eigenvalue weighted by Gasteiger charge is -2.20. The molecular formula is C51H45N7O4. The molecule has 62 heavy (non-hydrogen) atoms. The van der Waals surface area contributed by atoms with Crippen LogP contribution >= 0.6 is 0 Å². The first-order chi connectivity index (χ1) is 30.5. The number of nitrogens with one attached hydrogen (secondary N) is 2. The summed E-state index contributed by atoms with van der Waals surface area (Å²) in [5.41, 5.74) is 11.2. The lowest BCUT2D eigenvalue weighted by molar-refractivity contribution is 0.0949. The smallest absolute Gasteiger partial charge is 0.163 e. The molecule has 10 rings (SSSR count). The van der Waals surface area contributed by atoms with Gasteiger partial charge in [-0.2, -0.15) is 5.10 Å². The minimum Gasteiger partial charge on any atom is -0.486 e. The number of benzene rings is 3. The minimum absolute atomic E-state index is 0.0344. The van der Waals surface area contributed by atoms with E-state index in [-0.39, 0.29) is 11.6 Å². The van der Waals surface area contributed by atoms with Crippen molar-refractivity contribution in [3.63, 3.8) is 0 Å². The first kappa shape index (κ1) is 39.9. The summed E-state index contributed by atoms with van der Waals surface area (Å²) in [6.07, 6.45) is 14.0. The van der Waals surface area contributed by atoms with Gasteiger partial charge in [0.15, 0.2) is 23.1 Å². The summed E-state index contributed by atoms with van der Waals surface area (Å²) in [7, 11) is 0. The van der Waals surface area contributed by atoms with Crippen molar-refractivity contribution in [2.75, 3.05) is 13.2 Å². The first-order valence-electron chi connectivity index (χ1n) is 21.0. The van der Waals surface area contributed by atoms with E-state index in [1.54, 1.807) is 19.3 Å². The standard InChI is InChI=1S/C27H26N4O.C24H19N3O3/c32-26(16-19-6-2-1-3-7-19)21-11-9-20(10-12-21)25-17-22(13-15-29-25)23-18-30-31-27(23)24-8-4-5-14-28-24;1-15(28)16-5-7-17(8-6-16)24-26-22(23(27-24)19-4-2-3-11-25-19)18-9-10-20-21(14-18)30-13-12-29-20/h4-5,8-15,17-19H,1-3,6-7,16H2,(H,30,31);2-11,14H,12-13H2,1H3,(H,26,27). The molecule has 1 saturated carbocycles. The highest BCUT2D eigenvalue weighted by molar-refractivity contribution is 5.97. The normalized spacial score (nSPS) is 13.5. The fourth-order valence-corrected chi connectivity index (χ4v) is 8.03. The number of carbonyl (C=O) groups excluding carboxylic acids is 2. The van der Waals surface area contributed by atoms with Crippen molar-refractivity contribution in [1.29, 1.82) is 0 Å². The van der Waals surface area contributed by atoms with Gasteiger partial charge in [0, 0.05) is 58.4 Å². The molecule has 11 heteroatoms. The van der Waals surface area contributed by atoms with Gasteiger partial charge in [-0.15, -0.1) is 0 Å². The Bertz CT molecular complexity index is 2790. The van der Waals surface area contributed by atoms with Crippen molar-refractivity contribution < 1.29 is 19.1 Å². The highest BCUT2D eigenvalue weighted by Crippen LogP contribution is 2.38. The second-order valence-corrected chi connectivity index (χ2v) is 15.5. The zero-order chi connectivity index (χ0) is 42.3. The Morgan fingerprint density at radius 2 is 1.29 bits per heavy atom. The van der Waals surface area contributed by atoms with Gasteiger partial charge in [0.2, 0.25) is 0 Å². The Balaban J connectivity index is 0.000000158. The van der Waals surface area contributed by atoms with Crippen LogP contribution in [0.5, 0.6) is 11.5 Å². The van der Waals surface area contributed by atoms with Crippen LogP contribution in [0.2, 0.25) is 0 Å². The molecule has 11 nitrogen and oxygen atoms in total. The molecule has 0 amide bonds. The topological polar surface area (TPSA) is 149 Å². The summed E-state index contributed by atoms with van der Waals surface area (Å²) in [4.78, 5) is 46.1. The molecule has 0 spiro atoms. The molecular weight excluding hydrogens is 775 g/mol. The number of H-pyrrole nitrogens is 2. The summed E-state index contributed by atoms with van der Waals surface area (Å²) in [5, 5.41) is 7.30. The van der Waals surface area contributed by atoms with E-state index in [2.05, 4.69) is 36.2 Å². The third kappa shape index (κ3) is 8.97. The zero-order valence-electron chi connectivity index (χ0n) is 34.4. The van der Waals surface area contributed by atoms with Gasteiger partial charge in [0.1, 0.15) is 19.0 Å². The van der Waals surface area contributed by atoms with Crippen LogP contribution in [0.25, 0.3) is 67.8 Å². The van der Waals surface area contributed by atoms with Gasteiger partial charge in [0.25, 0.3) is 0 Å². The molecule has 1 aliphatic heterocycles. The van der Waals surface area contributed by atoms with E-state index < -0.39 is 0 Å². The molecule has 6 heterocycles. The largest absolute Gasteiger partial charge is 0.486 e. The second-order valence-electron chi connectivity index (χ2n) is 15.5. The highest BCUT2D eigenvalue weighted by Gasteiger charge is 2.21. The van der Waals surface area contributed by atoms with E-state index in [1.165, 1.54) is 32.1 Å². The predicted octanol–water partition coefficient (Wildman–Crippen LogP) is 11.1. The Labute approximate surface area is 359 Å². The van der Waals surface area contributed by atoms with E-state index >= 15 is 0 Å². The maximum Gasteiger partial charge on any atom is 0.163 e. The lowest BCUT2D eigenvalue weighted by atomic mass is 9.84. The van der Waals surface area contributed by atoms with E-state index in [0.29, 0.717) is 42.7 Å². The molecule has 3 aromatic carbocycles. The molecule has 0 radical (unpaired) electrons. The molecule has 8 aromatic rings. The van der Waals surface area contributed by atoms with Gasteiger partial charge in [-0.3, -0.25) is 29.6 Å². The van der Waals surface area contributed by atoms with Gasteiger partial charge in [-0.25, -0.2) is 4.98 Å². The van der Waals surface area contributed by atoms with E-state index in [1.807, 2.05) is 122 Å². The Hall–Kier alpha value is -7.53. The molecule has 1 aliphatic carbocycles. The van der Waals surface area contributed by atoms with Crippen LogP contribution < -0.4 is 9.47 Å². The first-order valence-corrected chi connectivity index (χ1v) is 21.0. The number of rotatable bonds is 10. The Kier molecular flexibility index (Phi) is 11.8. The number of ketones is 2. The van der Waals surface area contributed by atoms with Crippen LogP contribution in [0.4, 0.5) is 0 Å². The van der Waals surface area contributed by atoms with E-state index in [4.69, 9.17) is 14.5 Å². The van der Waals surface area contributed by atoms with Crippen molar-refractivity contribution in [2.24, 2.45) is 5.92 Å². The van der Waals surface area contributed by atoms with Crippen LogP contribution in [-0.2, 0) is 0 Å². The minimum atomic E-state index is 0.0344. The van der Waals surface area contributed by atoms with Gasteiger partial charge in [-0.05, 0) is 73.0 Å². The molecule has 0 unspecified atom stereocenters. The molecule has 1 fully saturated rings. The maximum absolute atomic E-state index is 12.7. The molecule has 0 bridgehead atoms. The Morgan fingerprint density at radius 1 is 0.629 bits per heavy atom. The fourth-order valence-electron chi connectivity index (χ4n) is 8.03. The summed E-state index contributed by atoms with van der Waals surface area (Å²) >= 11 is 0. The quantitative estimate of drug-likeness (QED) is 0.129. The number of pyridine rings is 3. The predicted molar refractivity (Wildman–Crippen MR) is 240 cm³/mol. The molecule has 308 valence electrons. The number of hydrogen-bond donors (Lipinski definition) is 2. The zero-order valence-corrected chi connectivity index (χ0v) is 34.4. The van der Waals surface area contributed by atoms with E-state index in [9.17, 15) is 9.59 Å². The third-order valence-electron chi connectivity index (χ3n) is 11.3. The number of imidazole rings is 1. The SMILES string of the molecule is CC(=O)c1ccc(-c2nc(-c3ccc4c(c3)OCCO4)c(-c3ccccn3)[nH]2)cc1.O=C(CC1CCCCC1)c1ccc(-c2cc(-c3cn[nH]c3-c3ccccn3)ccn2)cc1. The van der Waals surface area contributed by atoms with Gasteiger partial charge < -0.3 is 14.5 Å². The molecule has 2 aliphatic rings.